The fourth-order valence-corrected chi connectivity index (χ4v) is 2.93. The van der Waals surface area contributed by atoms with Crippen LogP contribution in [-0.2, 0) is 0 Å². The third kappa shape index (κ3) is 13.1. The van der Waals surface area contributed by atoms with Gasteiger partial charge in [-0.25, -0.2) is 4.79 Å². The predicted molar refractivity (Wildman–Crippen MR) is 123 cm³/mol. The van der Waals surface area contributed by atoms with E-state index in [9.17, 15) is 4.79 Å². The molecule has 0 fully saturated rings. The van der Waals surface area contributed by atoms with Crippen molar-refractivity contribution in [1.29, 1.82) is 0 Å². The lowest BCUT2D eigenvalue weighted by molar-refractivity contribution is 0.0696. The van der Waals surface area contributed by atoms with E-state index in [1.807, 2.05) is 19.9 Å². The number of hydrogen-bond acceptors (Lipinski definition) is 1. The van der Waals surface area contributed by atoms with E-state index in [2.05, 4.69) is 38.7 Å². The number of carboxylic acid groups (broad SMARTS) is 1. The maximum absolute atomic E-state index is 10.5. The minimum Gasteiger partial charge on any atom is -0.478 e. The zero-order valence-electron chi connectivity index (χ0n) is 18.7. The van der Waals surface area contributed by atoms with Crippen LogP contribution in [0.3, 0.4) is 0 Å². The molecule has 0 aromatic heterocycles. The summed E-state index contributed by atoms with van der Waals surface area (Å²) < 4.78 is 0. The Morgan fingerprint density at radius 3 is 2.21 bits per heavy atom. The quantitative estimate of drug-likeness (QED) is 0.308. The third-order valence-corrected chi connectivity index (χ3v) is 4.48. The Labute approximate surface area is 173 Å². The maximum Gasteiger partial charge on any atom is 0.335 e. The second kappa shape index (κ2) is 15.9. The van der Waals surface area contributed by atoms with Crippen molar-refractivity contribution in [1.82, 2.24) is 0 Å². The number of benzene rings is 1. The van der Waals surface area contributed by atoms with Gasteiger partial charge in [0.2, 0.25) is 0 Å². The largest absolute Gasteiger partial charge is 0.478 e. The first-order valence-corrected chi connectivity index (χ1v) is 10.6. The van der Waals surface area contributed by atoms with Crippen LogP contribution in [0, 0.1) is 13.8 Å². The molecule has 2 heteroatoms. The second-order valence-corrected chi connectivity index (χ2v) is 7.51. The minimum atomic E-state index is -0.859. The molecule has 0 amide bonds. The zero-order chi connectivity index (χ0) is 21.4. The van der Waals surface area contributed by atoms with Gasteiger partial charge < -0.3 is 5.11 Å². The van der Waals surface area contributed by atoms with Crippen LogP contribution >= 0.6 is 0 Å². The van der Waals surface area contributed by atoms with E-state index >= 15 is 0 Å². The lowest BCUT2D eigenvalue weighted by Crippen LogP contribution is -1.99. The summed E-state index contributed by atoms with van der Waals surface area (Å²) in [4.78, 5) is 10.5. The fourth-order valence-electron chi connectivity index (χ4n) is 2.93. The molecule has 1 rings (SSSR count). The Bertz CT molecular complexity index is 650. The van der Waals surface area contributed by atoms with Crippen LogP contribution < -0.4 is 0 Å². The summed E-state index contributed by atoms with van der Waals surface area (Å²) in [6.45, 7) is 14.2. The number of carboxylic acids is 1. The van der Waals surface area contributed by atoms with Gasteiger partial charge >= 0.3 is 5.97 Å². The monoisotopic (exact) mass is 384 g/mol. The molecule has 0 radical (unpaired) electrons. The first-order chi connectivity index (χ1) is 13.3. The standard InChI is InChI=1S/C17H30.C9H10O2/c1-5-7-8-9-10-11-13-17(12-6-2)15-14-16(3)4;1-6-3-4-8(9(10)11)7(2)5-6/h12,14-15H,3,5-11,13H2,1-2,4H3;3-5H,1-2H3,(H,10,11)/b15-14-,17-12-;. The van der Waals surface area contributed by atoms with Crippen molar-refractivity contribution in [2.45, 2.75) is 86.0 Å². The molecule has 0 heterocycles. The van der Waals surface area contributed by atoms with E-state index in [1.54, 1.807) is 19.1 Å². The smallest absolute Gasteiger partial charge is 0.335 e. The molecule has 0 unspecified atom stereocenters. The van der Waals surface area contributed by atoms with Crippen molar-refractivity contribution in [3.05, 3.63) is 70.8 Å². The Kier molecular flexibility index (Phi) is 14.7. The summed E-state index contributed by atoms with van der Waals surface area (Å²) >= 11 is 0. The SMILES string of the molecule is C=C(C)/C=C\C(=C/CC)CCCCCCCC.Cc1ccc(C(=O)O)c(C)c1. The summed E-state index contributed by atoms with van der Waals surface area (Å²) in [6, 6.07) is 5.30. The van der Waals surface area contributed by atoms with Crippen LogP contribution in [0.2, 0.25) is 0 Å². The van der Waals surface area contributed by atoms with E-state index in [0.29, 0.717) is 5.56 Å². The molecular formula is C26H40O2. The van der Waals surface area contributed by atoms with Crippen LogP contribution in [0.1, 0.15) is 93.6 Å². The number of aromatic carboxylic acids is 1. The van der Waals surface area contributed by atoms with Crippen molar-refractivity contribution < 1.29 is 9.90 Å². The van der Waals surface area contributed by atoms with Crippen molar-refractivity contribution in [3.8, 4) is 0 Å². The van der Waals surface area contributed by atoms with Crippen LogP contribution in [0.25, 0.3) is 0 Å². The Balaban J connectivity index is 0.000000567. The van der Waals surface area contributed by atoms with E-state index in [4.69, 9.17) is 5.11 Å². The summed E-state index contributed by atoms with van der Waals surface area (Å²) in [5, 5.41) is 8.66. The number of aryl methyl sites for hydroxylation is 2. The highest BCUT2D eigenvalue weighted by Gasteiger charge is 2.04. The van der Waals surface area contributed by atoms with Gasteiger partial charge in [-0.2, -0.15) is 0 Å². The topological polar surface area (TPSA) is 37.3 Å². The van der Waals surface area contributed by atoms with Gasteiger partial charge in [-0.05, 0) is 51.7 Å². The fraction of sp³-hybridized carbons (Fsp3) is 0.500. The molecule has 0 bridgehead atoms. The molecule has 0 aliphatic heterocycles. The van der Waals surface area contributed by atoms with Crippen molar-refractivity contribution >= 4 is 5.97 Å². The van der Waals surface area contributed by atoms with Crippen LogP contribution in [0.15, 0.2) is 54.2 Å². The Morgan fingerprint density at radius 2 is 1.68 bits per heavy atom. The number of carbonyl (C=O) groups is 1. The van der Waals surface area contributed by atoms with E-state index in [1.165, 1.54) is 50.5 Å². The minimum absolute atomic E-state index is 0.385. The van der Waals surface area contributed by atoms with Crippen molar-refractivity contribution in [2.75, 3.05) is 0 Å². The molecular weight excluding hydrogens is 344 g/mol. The molecule has 1 N–H and O–H groups in total. The molecule has 0 aliphatic carbocycles. The molecule has 1 aromatic rings. The van der Waals surface area contributed by atoms with E-state index < -0.39 is 5.97 Å². The van der Waals surface area contributed by atoms with Crippen LogP contribution in [0.4, 0.5) is 0 Å². The van der Waals surface area contributed by atoms with Gasteiger partial charge in [0.25, 0.3) is 0 Å². The van der Waals surface area contributed by atoms with Crippen LogP contribution in [0.5, 0.6) is 0 Å². The zero-order valence-corrected chi connectivity index (χ0v) is 18.7. The molecule has 156 valence electrons. The normalized spacial score (nSPS) is 11.2. The van der Waals surface area contributed by atoms with Gasteiger partial charge in [-0.1, -0.05) is 99.6 Å². The average molecular weight is 385 g/mol. The van der Waals surface area contributed by atoms with Crippen LogP contribution in [-0.4, -0.2) is 11.1 Å². The number of allylic oxidation sites excluding steroid dienone is 5. The lowest BCUT2D eigenvalue weighted by atomic mass is 10.0. The van der Waals surface area contributed by atoms with E-state index in [0.717, 1.165) is 23.1 Å². The summed E-state index contributed by atoms with van der Waals surface area (Å²) in [5.74, 6) is -0.859. The highest BCUT2D eigenvalue weighted by molar-refractivity contribution is 5.89. The summed E-state index contributed by atoms with van der Waals surface area (Å²) in [6.07, 6.45) is 17.3. The molecule has 0 saturated heterocycles. The Morgan fingerprint density at radius 1 is 1.04 bits per heavy atom. The molecule has 2 nitrogen and oxygen atoms in total. The molecule has 0 saturated carbocycles. The average Bonchev–Trinajstić information content (AvgIpc) is 2.62. The van der Waals surface area contributed by atoms with Crippen molar-refractivity contribution in [3.63, 3.8) is 0 Å². The summed E-state index contributed by atoms with van der Waals surface area (Å²) in [5.41, 5.74) is 4.90. The predicted octanol–water partition coefficient (Wildman–Crippen LogP) is 8.21. The molecule has 0 atom stereocenters. The third-order valence-electron chi connectivity index (χ3n) is 4.48. The van der Waals surface area contributed by atoms with Gasteiger partial charge in [0, 0.05) is 0 Å². The number of hydrogen-bond donors (Lipinski definition) is 1. The highest BCUT2D eigenvalue weighted by atomic mass is 16.4. The van der Waals surface area contributed by atoms with Gasteiger partial charge in [0.1, 0.15) is 0 Å². The highest BCUT2D eigenvalue weighted by Crippen LogP contribution is 2.14. The summed E-state index contributed by atoms with van der Waals surface area (Å²) in [7, 11) is 0. The molecule has 28 heavy (non-hydrogen) atoms. The first kappa shape index (κ1) is 25.9. The van der Waals surface area contributed by atoms with Gasteiger partial charge in [-0.3, -0.25) is 0 Å². The second-order valence-electron chi connectivity index (χ2n) is 7.51. The molecule has 0 aliphatic rings. The van der Waals surface area contributed by atoms with Gasteiger partial charge in [-0.15, -0.1) is 0 Å². The molecule has 1 aromatic carbocycles. The van der Waals surface area contributed by atoms with Gasteiger partial charge in [0.05, 0.1) is 5.56 Å². The number of unbranched alkanes of at least 4 members (excludes halogenated alkanes) is 5. The molecule has 0 spiro atoms. The maximum atomic E-state index is 10.5. The van der Waals surface area contributed by atoms with E-state index in [-0.39, 0.29) is 0 Å². The lowest BCUT2D eigenvalue weighted by Gasteiger charge is -2.03. The Hall–Kier alpha value is -2.09. The first-order valence-electron chi connectivity index (χ1n) is 10.6. The van der Waals surface area contributed by atoms with Gasteiger partial charge in [0.15, 0.2) is 0 Å². The van der Waals surface area contributed by atoms with Crippen molar-refractivity contribution in [2.24, 2.45) is 0 Å². The number of rotatable bonds is 11.